The number of carbonyl (C=O) groups is 1. The van der Waals surface area contributed by atoms with Gasteiger partial charge < -0.3 is 20.3 Å². The average molecular weight is 362 g/mol. The van der Waals surface area contributed by atoms with Gasteiger partial charge in [-0.3, -0.25) is 14.7 Å². The molecule has 0 aromatic carbocycles. The van der Waals surface area contributed by atoms with Crippen molar-refractivity contribution >= 4 is 11.9 Å². The summed E-state index contributed by atoms with van der Waals surface area (Å²) in [5.74, 6) is 0.633. The number of hydrogen-bond donors (Lipinski definition) is 2. The van der Waals surface area contributed by atoms with Gasteiger partial charge in [0.25, 0.3) is 0 Å². The van der Waals surface area contributed by atoms with E-state index in [9.17, 15) is 4.79 Å². The summed E-state index contributed by atoms with van der Waals surface area (Å²) in [5, 5.41) is 6.60. The van der Waals surface area contributed by atoms with E-state index in [0.717, 1.165) is 51.5 Å². The first-order valence-corrected chi connectivity index (χ1v) is 9.07. The highest BCUT2D eigenvalue weighted by Gasteiger charge is 2.10. The number of morpholine rings is 1. The largest absolute Gasteiger partial charge is 0.379 e. The zero-order chi connectivity index (χ0) is 18.6. The molecule has 0 radical (unpaired) electrons. The van der Waals surface area contributed by atoms with Crippen LogP contribution in [0.3, 0.4) is 0 Å². The molecule has 0 bridgehead atoms. The predicted octanol–water partition coefficient (Wildman–Crippen LogP) is -0.420. The van der Waals surface area contributed by atoms with Crippen molar-refractivity contribution in [3.05, 3.63) is 30.1 Å². The number of ether oxygens (including phenoxy) is 1. The number of pyridine rings is 1. The fourth-order valence-corrected chi connectivity index (χ4v) is 2.47. The molecule has 1 saturated heterocycles. The average Bonchev–Trinajstić information content (AvgIpc) is 2.67. The van der Waals surface area contributed by atoms with Crippen LogP contribution in [-0.4, -0.2) is 93.2 Å². The van der Waals surface area contributed by atoms with Gasteiger partial charge in [0.15, 0.2) is 5.96 Å². The molecule has 1 aromatic rings. The molecule has 144 valence electrons. The third-order valence-electron chi connectivity index (χ3n) is 4.10. The summed E-state index contributed by atoms with van der Waals surface area (Å²) in [6.45, 7) is 6.03. The van der Waals surface area contributed by atoms with Gasteiger partial charge in [-0.15, -0.1) is 0 Å². The van der Waals surface area contributed by atoms with Gasteiger partial charge >= 0.3 is 0 Å². The Balaban J connectivity index is 1.79. The fourth-order valence-electron chi connectivity index (χ4n) is 2.47. The van der Waals surface area contributed by atoms with Crippen molar-refractivity contribution in [1.29, 1.82) is 0 Å². The molecule has 1 amide bonds. The Kier molecular flexibility index (Phi) is 8.85. The standard InChI is InChI=1S/C18H30N6O2/c1-23(2)17(25)15-22-18(20-8-6-16-5-3-4-7-19-16)21-9-10-24-11-13-26-14-12-24/h3-5,7H,6,8-15H2,1-2H3,(H2,20,21,22). The molecule has 0 unspecified atom stereocenters. The number of aliphatic imine (C=N–C) groups is 1. The molecule has 0 spiro atoms. The molecule has 1 aliphatic rings. The Bertz CT molecular complexity index is 558. The minimum Gasteiger partial charge on any atom is -0.379 e. The highest BCUT2D eigenvalue weighted by atomic mass is 16.5. The van der Waals surface area contributed by atoms with E-state index in [2.05, 4.69) is 25.5 Å². The number of rotatable bonds is 8. The maximum absolute atomic E-state index is 11.8. The summed E-state index contributed by atoms with van der Waals surface area (Å²) in [6.07, 6.45) is 2.59. The van der Waals surface area contributed by atoms with Crippen LogP contribution >= 0.6 is 0 Å². The molecule has 1 aromatic heterocycles. The Morgan fingerprint density at radius 3 is 2.73 bits per heavy atom. The second kappa shape index (κ2) is 11.4. The maximum atomic E-state index is 11.8. The Hall–Kier alpha value is -2.19. The molecule has 0 saturated carbocycles. The van der Waals surface area contributed by atoms with Gasteiger partial charge in [0.2, 0.25) is 5.91 Å². The van der Waals surface area contributed by atoms with Crippen LogP contribution in [0.15, 0.2) is 29.4 Å². The molecular formula is C18H30N6O2. The second-order valence-corrected chi connectivity index (χ2v) is 6.33. The molecule has 1 fully saturated rings. The first-order chi connectivity index (χ1) is 12.6. The first kappa shape index (κ1) is 20.1. The van der Waals surface area contributed by atoms with E-state index in [4.69, 9.17) is 4.74 Å². The van der Waals surface area contributed by atoms with Gasteiger partial charge in [-0.2, -0.15) is 0 Å². The quantitative estimate of drug-likeness (QED) is 0.483. The highest BCUT2D eigenvalue weighted by molar-refractivity contribution is 5.84. The summed E-state index contributed by atoms with van der Waals surface area (Å²) < 4.78 is 5.36. The first-order valence-electron chi connectivity index (χ1n) is 9.07. The van der Waals surface area contributed by atoms with Gasteiger partial charge in [-0.1, -0.05) is 6.07 Å². The fraction of sp³-hybridized carbons (Fsp3) is 0.611. The normalized spacial score (nSPS) is 15.5. The van der Waals surface area contributed by atoms with Crippen LogP contribution < -0.4 is 10.6 Å². The zero-order valence-corrected chi connectivity index (χ0v) is 15.8. The van der Waals surface area contributed by atoms with E-state index in [1.165, 1.54) is 0 Å². The van der Waals surface area contributed by atoms with Gasteiger partial charge in [-0.25, -0.2) is 4.99 Å². The molecule has 2 rings (SSSR count). The van der Waals surface area contributed by atoms with Crippen LogP contribution in [0.5, 0.6) is 0 Å². The number of aromatic nitrogens is 1. The van der Waals surface area contributed by atoms with Crippen LogP contribution in [0.25, 0.3) is 0 Å². The lowest BCUT2D eigenvalue weighted by molar-refractivity contribution is -0.127. The minimum atomic E-state index is -0.0241. The lowest BCUT2D eigenvalue weighted by atomic mass is 10.3. The van der Waals surface area contributed by atoms with Crippen LogP contribution in [0, 0.1) is 0 Å². The Morgan fingerprint density at radius 2 is 2.04 bits per heavy atom. The molecule has 8 heteroatoms. The number of nitrogens with one attached hydrogen (secondary N) is 2. The number of hydrogen-bond acceptors (Lipinski definition) is 5. The van der Waals surface area contributed by atoms with Crippen LogP contribution in [0.4, 0.5) is 0 Å². The third kappa shape index (κ3) is 7.79. The van der Waals surface area contributed by atoms with E-state index >= 15 is 0 Å². The number of amides is 1. The van der Waals surface area contributed by atoms with Gasteiger partial charge in [-0.05, 0) is 12.1 Å². The number of carbonyl (C=O) groups excluding carboxylic acids is 1. The molecule has 1 aliphatic heterocycles. The van der Waals surface area contributed by atoms with E-state index in [1.807, 2.05) is 18.2 Å². The smallest absolute Gasteiger partial charge is 0.243 e. The van der Waals surface area contributed by atoms with Crippen molar-refractivity contribution in [2.75, 3.05) is 66.6 Å². The molecule has 0 atom stereocenters. The minimum absolute atomic E-state index is 0.0241. The molecular weight excluding hydrogens is 332 g/mol. The number of guanidine groups is 1. The summed E-state index contributed by atoms with van der Waals surface area (Å²) in [5.41, 5.74) is 1.03. The SMILES string of the molecule is CN(C)C(=O)CN=C(NCCc1ccccn1)NCCN1CCOCC1. The molecule has 8 nitrogen and oxygen atoms in total. The van der Waals surface area contributed by atoms with Crippen molar-refractivity contribution < 1.29 is 9.53 Å². The lowest BCUT2D eigenvalue weighted by Gasteiger charge is -2.26. The summed E-state index contributed by atoms with van der Waals surface area (Å²) in [6, 6.07) is 5.89. The van der Waals surface area contributed by atoms with Crippen molar-refractivity contribution in [2.24, 2.45) is 4.99 Å². The maximum Gasteiger partial charge on any atom is 0.243 e. The zero-order valence-electron chi connectivity index (χ0n) is 15.8. The van der Waals surface area contributed by atoms with Gasteiger partial charge in [0.1, 0.15) is 6.54 Å². The van der Waals surface area contributed by atoms with Crippen molar-refractivity contribution in [3.63, 3.8) is 0 Å². The van der Waals surface area contributed by atoms with E-state index < -0.39 is 0 Å². The summed E-state index contributed by atoms with van der Waals surface area (Å²) in [7, 11) is 3.47. The summed E-state index contributed by atoms with van der Waals surface area (Å²) >= 11 is 0. The van der Waals surface area contributed by atoms with E-state index in [0.29, 0.717) is 12.5 Å². The van der Waals surface area contributed by atoms with E-state index in [-0.39, 0.29) is 12.5 Å². The van der Waals surface area contributed by atoms with Crippen LogP contribution in [-0.2, 0) is 16.0 Å². The summed E-state index contributed by atoms with van der Waals surface area (Å²) in [4.78, 5) is 24.4. The lowest BCUT2D eigenvalue weighted by Crippen LogP contribution is -2.45. The number of nitrogens with zero attached hydrogens (tertiary/aromatic N) is 4. The van der Waals surface area contributed by atoms with E-state index in [1.54, 1.807) is 25.2 Å². The topological polar surface area (TPSA) is 82.1 Å². The second-order valence-electron chi connectivity index (χ2n) is 6.33. The van der Waals surface area contributed by atoms with Crippen molar-refractivity contribution in [1.82, 2.24) is 25.4 Å². The molecule has 2 heterocycles. The monoisotopic (exact) mass is 362 g/mol. The van der Waals surface area contributed by atoms with Crippen molar-refractivity contribution in [2.45, 2.75) is 6.42 Å². The third-order valence-corrected chi connectivity index (χ3v) is 4.10. The molecule has 0 aliphatic carbocycles. The van der Waals surface area contributed by atoms with Gasteiger partial charge in [0.05, 0.1) is 13.2 Å². The van der Waals surface area contributed by atoms with Crippen LogP contribution in [0.2, 0.25) is 0 Å². The Labute approximate surface area is 155 Å². The van der Waals surface area contributed by atoms with Crippen LogP contribution in [0.1, 0.15) is 5.69 Å². The number of likely N-dealkylation sites (N-methyl/N-ethyl adjacent to an activating group) is 1. The predicted molar refractivity (Wildman–Crippen MR) is 102 cm³/mol. The molecule has 2 N–H and O–H groups in total. The Morgan fingerprint density at radius 1 is 1.27 bits per heavy atom. The van der Waals surface area contributed by atoms with Crippen molar-refractivity contribution in [3.8, 4) is 0 Å². The van der Waals surface area contributed by atoms with Gasteiger partial charge in [0, 0.05) is 65.1 Å². The molecule has 26 heavy (non-hydrogen) atoms. The highest BCUT2D eigenvalue weighted by Crippen LogP contribution is 1.95.